The number of amides is 2. The molecule has 0 bridgehead atoms. The molecule has 1 aromatic heterocycles. The van der Waals surface area contributed by atoms with Gasteiger partial charge in [-0.25, -0.2) is 4.98 Å². The first-order valence-electron chi connectivity index (χ1n) is 11.5. The molecule has 2 aromatic carbocycles. The molecule has 3 aromatic rings. The van der Waals surface area contributed by atoms with Crippen molar-refractivity contribution in [1.82, 2.24) is 9.88 Å². The number of hydrogen-bond acceptors (Lipinski definition) is 6. The van der Waals surface area contributed by atoms with Gasteiger partial charge in [0.25, 0.3) is 0 Å². The number of anilines is 2. The molecule has 0 aliphatic carbocycles. The third-order valence-corrected chi connectivity index (χ3v) is 7.34. The number of morpholine rings is 1. The number of rotatable bonds is 7. The Hall–Kier alpha value is -2.52. The Kier molecular flexibility index (Phi) is 8.15. The van der Waals surface area contributed by atoms with Gasteiger partial charge in [0.15, 0.2) is 5.13 Å². The topological polar surface area (TPSA) is 66.0 Å². The van der Waals surface area contributed by atoms with Gasteiger partial charge < -0.3 is 9.64 Å². The molecule has 2 saturated heterocycles. The molecule has 0 radical (unpaired) electrons. The Labute approximate surface area is 209 Å². The number of para-hydroxylation sites is 2. The average Bonchev–Trinajstić information content (AvgIpc) is 3.46. The minimum Gasteiger partial charge on any atom is -0.379 e. The molecule has 3 heterocycles. The number of ether oxygens (including phenoxy) is 1. The van der Waals surface area contributed by atoms with E-state index in [0.29, 0.717) is 18.2 Å². The van der Waals surface area contributed by atoms with Crippen LogP contribution in [-0.4, -0.2) is 67.6 Å². The van der Waals surface area contributed by atoms with Crippen LogP contribution in [0.2, 0.25) is 0 Å². The maximum absolute atomic E-state index is 13.7. The summed E-state index contributed by atoms with van der Waals surface area (Å²) in [5.74, 6) is -0.381. The number of nitrogens with zero attached hydrogens (tertiary/aromatic N) is 4. The van der Waals surface area contributed by atoms with Crippen LogP contribution in [0.4, 0.5) is 10.8 Å². The van der Waals surface area contributed by atoms with Crippen molar-refractivity contribution >= 4 is 56.6 Å². The first-order chi connectivity index (χ1) is 16.2. The van der Waals surface area contributed by atoms with Crippen LogP contribution in [-0.2, 0) is 14.3 Å². The van der Waals surface area contributed by atoms with Crippen LogP contribution >= 0.6 is 23.7 Å². The van der Waals surface area contributed by atoms with E-state index in [2.05, 4.69) is 4.90 Å². The fourth-order valence-electron chi connectivity index (χ4n) is 4.50. The second-order valence-corrected chi connectivity index (χ2v) is 9.51. The van der Waals surface area contributed by atoms with Gasteiger partial charge in [0.1, 0.15) is 0 Å². The largest absolute Gasteiger partial charge is 0.379 e. The summed E-state index contributed by atoms with van der Waals surface area (Å²) in [6.07, 6.45) is 1.09. The summed E-state index contributed by atoms with van der Waals surface area (Å²) in [4.78, 5) is 37.1. The van der Waals surface area contributed by atoms with E-state index in [4.69, 9.17) is 9.72 Å². The zero-order valence-corrected chi connectivity index (χ0v) is 20.6. The maximum atomic E-state index is 13.7. The van der Waals surface area contributed by atoms with Gasteiger partial charge in [0, 0.05) is 44.8 Å². The van der Waals surface area contributed by atoms with E-state index >= 15 is 0 Å². The predicted molar refractivity (Wildman–Crippen MR) is 138 cm³/mol. The van der Waals surface area contributed by atoms with Gasteiger partial charge in [-0.1, -0.05) is 41.7 Å². The summed E-state index contributed by atoms with van der Waals surface area (Å²) in [7, 11) is 0. The van der Waals surface area contributed by atoms with E-state index in [-0.39, 0.29) is 36.6 Å². The first kappa shape index (κ1) is 24.6. The minimum atomic E-state index is -0.367. The highest BCUT2D eigenvalue weighted by atomic mass is 35.5. The number of benzene rings is 2. The van der Waals surface area contributed by atoms with Crippen LogP contribution in [0.25, 0.3) is 10.2 Å². The van der Waals surface area contributed by atoms with Crippen molar-refractivity contribution < 1.29 is 14.3 Å². The van der Waals surface area contributed by atoms with Crippen LogP contribution in [0.5, 0.6) is 0 Å². The molecule has 2 aliphatic heterocycles. The number of halogens is 1. The first-order valence-corrected chi connectivity index (χ1v) is 12.3. The Bertz CT molecular complexity index is 1090. The van der Waals surface area contributed by atoms with Crippen molar-refractivity contribution in [3.05, 3.63) is 54.6 Å². The molecular weight excluding hydrogens is 472 g/mol. The van der Waals surface area contributed by atoms with Crippen LogP contribution in [0.1, 0.15) is 12.8 Å². The van der Waals surface area contributed by atoms with Gasteiger partial charge in [0.05, 0.1) is 29.3 Å². The van der Waals surface area contributed by atoms with Gasteiger partial charge in [-0.2, -0.15) is 0 Å². The Morgan fingerprint density at radius 3 is 2.59 bits per heavy atom. The summed E-state index contributed by atoms with van der Waals surface area (Å²) in [5.41, 5.74) is 1.74. The van der Waals surface area contributed by atoms with E-state index in [1.165, 1.54) is 11.3 Å². The summed E-state index contributed by atoms with van der Waals surface area (Å²) < 4.78 is 6.50. The van der Waals surface area contributed by atoms with Crippen LogP contribution < -0.4 is 9.80 Å². The fraction of sp³-hybridized carbons (Fsp3) is 0.400. The van der Waals surface area contributed by atoms with Gasteiger partial charge in [0.2, 0.25) is 11.8 Å². The molecule has 2 amide bonds. The van der Waals surface area contributed by atoms with E-state index < -0.39 is 0 Å². The number of aromatic nitrogens is 1. The van der Waals surface area contributed by atoms with Crippen molar-refractivity contribution in [3.8, 4) is 0 Å². The number of hydrogen-bond donors (Lipinski definition) is 0. The Morgan fingerprint density at radius 1 is 1.09 bits per heavy atom. The molecule has 2 aliphatic rings. The van der Waals surface area contributed by atoms with Crippen molar-refractivity contribution in [2.24, 2.45) is 5.92 Å². The van der Waals surface area contributed by atoms with Gasteiger partial charge in [-0.05, 0) is 30.7 Å². The molecule has 180 valence electrons. The van der Waals surface area contributed by atoms with Gasteiger partial charge in [-0.3, -0.25) is 19.4 Å². The van der Waals surface area contributed by atoms with Crippen LogP contribution in [0, 0.1) is 5.92 Å². The highest BCUT2D eigenvalue weighted by Crippen LogP contribution is 2.32. The molecule has 1 atom stereocenters. The zero-order chi connectivity index (χ0) is 22.6. The highest BCUT2D eigenvalue weighted by molar-refractivity contribution is 7.22. The van der Waals surface area contributed by atoms with Crippen LogP contribution in [0.3, 0.4) is 0 Å². The standard InChI is InChI=1S/C25H28N4O3S.ClH/c30-23-17-19(18-29(23)20-7-2-1-3-8-20)24(31)28(12-6-11-27-13-15-32-16-14-27)25-26-21-9-4-5-10-22(21)33-25;/h1-5,7-10,19H,6,11-18H2;1H. The van der Waals surface area contributed by atoms with E-state index in [0.717, 1.165) is 55.2 Å². The molecule has 2 fully saturated rings. The quantitative estimate of drug-likeness (QED) is 0.493. The van der Waals surface area contributed by atoms with E-state index in [9.17, 15) is 9.59 Å². The maximum Gasteiger partial charge on any atom is 0.234 e. The Morgan fingerprint density at radius 2 is 1.82 bits per heavy atom. The lowest BCUT2D eigenvalue weighted by Crippen LogP contribution is -2.41. The highest BCUT2D eigenvalue weighted by Gasteiger charge is 2.38. The fourth-order valence-corrected chi connectivity index (χ4v) is 5.50. The molecular formula is C25H29ClN4O3S. The number of carbonyl (C=O) groups is 2. The average molecular weight is 501 g/mol. The van der Waals surface area contributed by atoms with Crippen LogP contribution in [0.15, 0.2) is 54.6 Å². The second kappa shape index (κ2) is 11.3. The second-order valence-electron chi connectivity index (χ2n) is 8.50. The molecule has 1 unspecified atom stereocenters. The molecule has 7 nitrogen and oxygen atoms in total. The predicted octanol–water partition coefficient (Wildman–Crippen LogP) is 3.83. The SMILES string of the molecule is Cl.O=C1CC(C(=O)N(CCCN2CCOCC2)c2nc3ccccc3s2)CN1c1ccccc1. The number of carbonyl (C=O) groups excluding carboxylic acids is 2. The number of fused-ring (bicyclic) bond motifs is 1. The van der Waals surface area contributed by atoms with Crippen molar-refractivity contribution in [3.63, 3.8) is 0 Å². The molecule has 0 saturated carbocycles. The lowest BCUT2D eigenvalue weighted by atomic mass is 10.1. The molecule has 5 rings (SSSR count). The van der Waals surface area contributed by atoms with Crippen molar-refractivity contribution in [1.29, 1.82) is 0 Å². The number of thiazole rings is 1. The lowest BCUT2D eigenvalue weighted by Gasteiger charge is -2.28. The monoisotopic (exact) mass is 500 g/mol. The molecule has 9 heteroatoms. The van der Waals surface area contributed by atoms with E-state index in [1.807, 2.05) is 59.5 Å². The lowest BCUT2D eigenvalue weighted by molar-refractivity contribution is -0.124. The summed E-state index contributed by atoms with van der Waals surface area (Å²) in [6, 6.07) is 17.5. The molecule has 0 N–H and O–H groups in total. The van der Waals surface area contributed by atoms with Gasteiger partial charge in [-0.15, -0.1) is 12.4 Å². The molecule has 0 spiro atoms. The van der Waals surface area contributed by atoms with E-state index in [1.54, 1.807) is 4.90 Å². The smallest absolute Gasteiger partial charge is 0.234 e. The van der Waals surface area contributed by atoms with Gasteiger partial charge >= 0.3 is 0 Å². The minimum absolute atomic E-state index is 0. The summed E-state index contributed by atoms with van der Waals surface area (Å²) >= 11 is 1.54. The van der Waals surface area contributed by atoms with Crippen molar-refractivity contribution in [2.45, 2.75) is 12.8 Å². The summed E-state index contributed by atoms with van der Waals surface area (Å²) in [5, 5.41) is 0.716. The molecule has 34 heavy (non-hydrogen) atoms. The third-order valence-electron chi connectivity index (χ3n) is 6.28. The summed E-state index contributed by atoms with van der Waals surface area (Å²) in [6.45, 7) is 5.30. The zero-order valence-electron chi connectivity index (χ0n) is 19.0. The Balaban J connectivity index is 0.00000274. The third kappa shape index (κ3) is 5.41. The van der Waals surface area contributed by atoms with Crippen molar-refractivity contribution in [2.75, 3.05) is 55.7 Å². The normalized spacial score (nSPS) is 18.8.